The molecule has 0 bridgehead atoms. The number of carbonyl (C=O) groups excluding carboxylic acids is 1. The first-order chi connectivity index (χ1) is 10.1. The number of hydrogen-bond acceptors (Lipinski definition) is 4. The lowest BCUT2D eigenvalue weighted by atomic mass is 10.1. The molecule has 1 amide bonds. The molecule has 3 aromatic rings. The van der Waals surface area contributed by atoms with E-state index in [2.05, 4.69) is 15.3 Å². The lowest BCUT2D eigenvalue weighted by Crippen LogP contribution is -2.37. The molecule has 1 atom stereocenters. The number of rotatable bonds is 4. The number of nitrogens with two attached hydrogens (primary N) is 1. The third-order valence-electron chi connectivity index (χ3n) is 3.30. The minimum atomic E-state index is -0.603. The summed E-state index contributed by atoms with van der Waals surface area (Å²) in [6.45, 7) is 1.89. The molecule has 108 valence electrons. The van der Waals surface area contributed by atoms with Crippen LogP contribution in [0.5, 0.6) is 0 Å². The first-order valence-corrected chi connectivity index (χ1v) is 7.55. The molecule has 0 aliphatic heterocycles. The van der Waals surface area contributed by atoms with Crippen LogP contribution in [0.2, 0.25) is 0 Å². The van der Waals surface area contributed by atoms with Crippen molar-refractivity contribution >= 4 is 33.3 Å². The predicted octanol–water partition coefficient (Wildman–Crippen LogP) is 2.44. The Labute approximate surface area is 126 Å². The lowest BCUT2D eigenvalue weighted by Gasteiger charge is -2.10. The van der Waals surface area contributed by atoms with Gasteiger partial charge in [0.2, 0.25) is 5.91 Å². The highest BCUT2D eigenvalue weighted by Crippen LogP contribution is 2.19. The molecule has 21 heavy (non-hydrogen) atoms. The monoisotopic (exact) mass is 300 g/mol. The highest BCUT2D eigenvalue weighted by atomic mass is 32.1. The molecule has 2 aromatic heterocycles. The van der Waals surface area contributed by atoms with E-state index in [9.17, 15) is 4.79 Å². The Morgan fingerprint density at radius 3 is 3.05 bits per heavy atom. The standard InChI is InChI=1S/C15H16N4OS/c1-9-8-21-15(18-9)19-14(20)12(16)6-10-7-17-13-5-3-2-4-11(10)13/h2-5,7-8,12,17H,6,16H2,1H3,(H,18,19,20)/t12-/m0/s1. The number of benzene rings is 1. The molecule has 0 saturated carbocycles. The minimum Gasteiger partial charge on any atom is -0.361 e. The van der Waals surface area contributed by atoms with Crippen molar-refractivity contribution in [2.24, 2.45) is 5.73 Å². The number of nitrogens with zero attached hydrogens (tertiary/aromatic N) is 1. The van der Waals surface area contributed by atoms with Crippen molar-refractivity contribution in [2.45, 2.75) is 19.4 Å². The van der Waals surface area contributed by atoms with E-state index in [0.29, 0.717) is 11.6 Å². The zero-order valence-corrected chi connectivity index (χ0v) is 12.4. The van der Waals surface area contributed by atoms with Gasteiger partial charge in [-0.25, -0.2) is 4.98 Å². The third-order valence-corrected chi connectivity index (χ3v) is 4.18. The third kappa shape index (κ3) is 2.96. The normalized spacial score (nSPS) is 12.5. The van der Waals surface area contributed by atoms with Crippen LogP contribution >= 0.6 is 11.3 Å². The van der Waals surface area contributed by atoms with Crippen LogP contribution in [0, 0.1) is 6.92 Å². The number of thiazole rings is 1. The van der Waals surface area contributed by atoms with Gasteiger partial charge in [0.1, 0.15) is 0 Å². The Balaban J connectivity index is 1.70. The highest BCUT2D eigenvalue weighted by molar-refractivity contribution is 7.13. The van der Waals surface area contributed by atoms with Crippen molar-refractivity contribution in [1.29, 1.82) is 0 Å². The number of hydrogen-bond donors (Lipinski definition) is 3. The maximum Gasteiger partial charge on any atom is 0.243 e. The highest BCUT2D eigenvalue weighted by Gasteiger charge is 2.17. The summed E-state index contributed by atoms with van der Waals surface area (Å²) in [5.41, 5.74) is 8.99. The number of aromatic nitrogens is 2. The predicted molar refractivity (Wildman–Crippen MR) is 85.5 cm³/mol. The second-order valence-corrected chi connectivity index (χ2v) is 5.81. The number of nitrogens with one attached hydrogen (secondary N) is 2. The van der Waals surface area contributed by atoms with Gasteiger partial charge in [0.15, 0.2) is 5.13 Å². The number of anilines is 1. The summed E-state index contributed by atoms with van der Waals surface area (Å²) in [4.78, 5) is 19.5. The largest absolute Gasteiger partial charge is 0.361 e. The Kier molecular flexibility index (Phi) is 3.72. The molecular formula is C15H16N4OS. The van der Waals surface area contributed by atoms with Crippen molar-refractivity contribution in [1.82, 2.24) is 9.97 Å². The smallest absolute Gasteiger partial charge is 0.243 e. The summed E-state index contributed by atoms with van der Waals surface area (Å²) in [5, 5.41) is 6.34. The van der Waals surface area contributed by atoms with Gasteiger partial charge in [0.25, 0.3) is 0 Å². The van der Waals surface area contributed by atoms with E-state index in [1.807, 2.05) is 42.8 Å². The fourth-order valence-electron chi connectivity index (χ4n) is 2.24. The second kappa shape index (κ2) is 5.67. The maximum atomic E-state index is 12.1. The fourth-order valence-corrected chi connectivity index (χ4v) is 2.93. The molecule has 0 fully saturated rings. The molecule has 0 saturated heterocycles. The number of aryl methyl sites for hydroxylation is 1. The van der Waals surface area contributed by atoms with Gasteiger partial charge < -0.3 is 16.0 Å². The van der Waals surface area contributed by atoms with Crippen LogP contribution in [0.25, 0.3) is 10.9 Å². The molecule has 3 rings (SSSR count). The van der Waals surface area contributed by atoms with E-state index in [-0.39, 0.29) is 5.91 Å². The minimum absolute atomic E-state index is 0.213. The zero-order valence-electron chi connectivity index (χ0n) is 11.6. The topological polar surface area (TPSA) is 83.8 Å². The summed E-state index contributed by atoms with van der Waals surface area (Å²) >= 11 is 1.40. The van der Waals surface area contributed by atoms with E-state index < -0.39 is 6.04 Å². The summed E-state index contributed by atoms with van der Waals surface area (Å²) in [5.74, 6) is -0.213. The first kappa shape index (κ1) is 13.8. The summed E-state index contributed by atoms with van der Waals surface area (Å²) in [6, 6.07) is 7.37. The van der Waals surface area contributed by atoms with Gasteiger partial charge in [-0.1, -0.05) is 18.2 Å². The molecule has 1 aromatic carbocycles. The average Bonchev–Trinajstić information content (AvgIpc) is 3.06. The van der Waals surface area contributed by atoms with E-state index in [1.54, 1.807) is 0 Å². The lowest BCUT2D eigenvalue weighted by molar-refractivity contribution is -0.117. The number of H-pyrrole nitrogens is 1. The molecule has 4 N–H and O–H groups in total. The number of aromatic amines is 1. The average molecular weight is 300 g/mol. The Bertz CT molecular complexity index is 777. The quantitative estimate of drug-likeness (QED) is 0.692. The Morgan fingerprint density at radius 2 is 2.29 bits per heavy atom. The molecule has 6 heteroatoms. The zero-order chi connectivity index (χ0) is 14.8. The van der Waals surface area contributed by atoms with Gasteiger partial charge in [-0.2, -0.15) is 0 Å². The number of carbonyl (C=O) groups is 1. The van der Waals surface area contributed by atoms with E-state index >= 15 is 0 Å². The van der Waals surface area contributed by atoms with Gasteiger partial charge in [-0.05, 0) is 25.0 Å². The molecule has 5 nitrogen and oxygen atoms in total. The van der Waals surface area contributed by atoms with Gasteiger partial charge in [0.05, 0.1) is 11.7 Å². The molecule has 0 aliphatic rings. The van der Waals surface area contributed by atoms with E-state index in [0.717, 1.165) is 22.2 Å². The molecule has 0 spiro atoms. The van der Waals surface area contributed by atoms with E-state index in [1.165, 1.54) is 11.3 Å². The molecule has 0 aliphatic carbocycles. The van der Waals surface area contributed by atoms with Gasteiger partial charge in [-0.15, -0.1) is 11.3 Å². The fraction of sp³-hybridized carbons (Fsp3) is 0.200. The summed E-state index contributed by atoms with van der Waals surface area (Å²) in [7, 11) is 0. The summed E-state index contributed by atoms with van der Waals surface area (Å²) in [6.07, 6.45) is 2.39. The molecule has 0 unspecified atom stereocenters. The first-order valence-electron chi connectivity index (χ1n) is 6.67. The van der Waals surface area contributed by atoms with Crippen LogP contribution in [0.15, 0.2) is 35.8 Å². The number of para-hydroxylation sites is 1. The van der Waals surface area contributed by atoms with Crippen molar-refractivity contribution < 1.29 is 4.79 Å². The Morgan fingerprint density at radius 1 is 1.48 bits per heavy atom. The Hall–Kier alpha value is -2.18. The maximum absolute atomic E-state index is 12.1. The van der Waals surface area contributed by atoms with Crippen molar-refractivity contribution in [3.63, 3.8) is 0 Å². The van der Waals surface area contributed by atoms with Crippen LogP contribution in [-0.4, -0.2) is 21.9 Å². The SMILES string of the molecule is Cc1csc(NC(=O)[C@@H](N)Cc2c[nH]c3ccccc23)n1. The van der Waals surface area contributed by atoms with Crippen LogP contribution in [0.1, 0.15) is 11.3 Å². The van der Waals surface area contributed by atoms with Crippen LogP contribution in [0.4, 0.5) is 5.13 Å². The van der Waals surface area contributed by atoms with Crippen LogP contribution in [-0.2, 0) is 11.2 Å². The van der Waals surface area contributed by atoms with Gasteiger partial charge in [0, 0.05) is 22.5 Å². The van der Waals surface area contributed by atoms with Crippen molar-refractivity contribution in [3.05, 3.63) is 47.1 Å². The van der Waals surface area contributed by atoms with Gasteiger partial charge in [-0.3, -0.25) is 4.79 Å². The summed E-state index contributed by atoms with van der Waals surface area (Å²) < 4.78 is 0. The van der Waals surface area contributed by atoms with Gasteiger partial charge >= 0.3 is 0 Å². The van der Waals surface area contributed by atoms with Crippen LogP contribution < -0.4 is 11.1 Å². The molecule has 2 heterocycles. The number of amides is 1. The van der Waals surface area contributed by atoms with Crippen molar-refractivity contribution in [3.8, 4) is 0 Å². The van der Waals surface area contributed by atoms with E-state index in [4.69, 9.17) is 5.73 Å². The number of fused-ring (bicyclic) bond motifs is 1. The molecular weight excluding hydrogens is 284 g/mol. The van der Waals surface area contributed by atoms with Crippen molar-refractivity contribution in [2.75, 3.05) is 5.32 Å². The van der Waals surface area contributed by atoms with Crippen LogP contribution in [0.3, 0.4) is 0 Å². The molecule has 0 radical (unpaired) electrons. The second-order valence-electron chi connectivity index (χ2n) is 4.95.